The molecule has 3 aromatic carbocycles. The van der Waals surface area contributed by atoms with Crippen LogP contribution in [-0.2, 0) is 9.53 Å². The number of amides is 1. The first kappa shape index (κ1) is 22.9. The molecule has 2 aliphatic carbocycles. The maximum absolute atomic E-state index is 13.5. The van der Waals surface area contributed by atoms with E-state index in [9.17, 15) is 14.7 Å². The number of rotatable bonds is 6. The normalized spacial score (nSPS) is 16.6. The van der Waals surface area contributed by atoms with Gasteiger partial charge in [0.05, 0.1) is 4.47 Å². The van der Waals surface area contributed by atoms with E-state index in [2.05, 4.69) is 40.2 Å². The van der Waals surface area contributed by atoms with Crippen LogP contribution in [0.15, 0.2) is 65.1 Å². The Morgan fingerprint density at radius 1 is 1.00 bits per heavy atom. The van der Waals surface area contributed by atoms with Crippen LogP contribution in [0, 0.1) is 0 Å². The number of aliphatic carboxylic acids is 1. The van der Waals surface area contributed by atoms with Crippen molar-refractivity contribution < 1.29 is 28.9 Å². The van der Waals surface area contributed by atoms with E-state index >= 15 is 0 Å². The summed E-state index contributed by atoms with van der Waals surface area (Å²) in [5.74, 6) is -0.235. The molecular weight excluding hydrogens is 526 g/mol. The highest BCUT2D eigenvalue weighted by molar-refractivity contribution is 9.10. The minimum atomic E-state index is -1.21. The third kappa shape index (κ3) is 3.99. The molecule has 1 amide bonds. The van der Waals surface area contributed by atoms with Crippen LogP contribution in [0.4, 0.5) is 4.79 Å². The monoisotopic (exact) mass is 549 g/mol. The van der Waals surface area contributed by atoms with Crippen molar-refractivity contribution in [1.29, 1.82) is 0 Å². The molecule has 7 nitrogen and oxygen atoms in total. The maximum atomic E-state index is 13.5. The number of carbonyl (C=O) groups excluding carboxylic acids is 1. The van der Waals surface area contributed by atoms with Crippen molar-refractivity contribution in [3.63, 3.8) is 0 Å². The van der Waals surface area contributed by atoms with E-state index in [0.717, 1.165) is 35.1 Å². The van der Waals surface area contributed by atoms with E-state index < -0.39 is 18.1 Å². The summed E-state index contributed by atoms with van der Waals surface area (Å²) >= 11 is 3.46. The van der Waals surface area contributed by atoms with E-state index in [1.54, 1.807) is 12.1 Å². The molecule has 8 heteroatoms. The number of ether oxygens (including phenoxy) is 3. The number of nitrogens with zero attached hydrogens (tertiary/aromatic N) is 1. The van der Waals surface area contributed by atoms with Gasteiger partial charge in [0.2, 0.25) is 0 Å². The Morgan fingerprint density at radius 2 is 1.64 bits per heavy atom. The molecule has 36 heavy (non-hydrogen) atoms. The predicted octanol–water partition coefficient (Wildman–Crippen LogP) is 5.76. The minimum Gasteiger partial charge on any atom is -0.486 e. The van der Waals surface area contributed by atoms with Gasteiger partial charge >= 0.3 is 12.1 Å². The van der Waals surface area contributed by atoms with Crippen molar-refractivity contribution >= 4 is 28.0 Å². The molecule has 3 aliphatic rings. The van der Waals surface area contributed by atoms with Gasteiger partial charge in [0.1, 0.15) is 19.8 Å². The van der Waals surface area contributed by atoms with Gasteiger partial charge in [-0.05, 0) is 68.7 Å². The minimum absolute atomic E-state index is 0.103. The molecule has 0 radical (unpaired) electrons. The lowest BCUT2D eigenvalue weighted by Crippen LogP contribution is -2.41. The molecule has 1 atom stereocenters. The zero-order valence-electron chi connectivity index (χ0n) is 19.4. The van der Waals surface area contributed by atoms with Crippen LogP contribution in [0.5, 0.6) is 11.5 Å². The van der Waals surface area contributed by atoms with Crippen molar-refractivity contribution in [2.45, 2.75) is 30.8 Å². The molecule has 1 saturated carbocycles. The van der Waals surface area contributed by atoms with Crippen molar-refractivity contribution in [2.75, 3.05) is 19.8 Å². The zero-order chi connectivity index (χ0) is 24.8. The number of carbonyl (C=O) groups is 2. The Hall–Kier alpha value is -3.52. The maximum Gasteiger partial charge on any atom is 0.411 e. The molecule has 0 aromatic heterocycles. The Labute approximate surface area is 216 Å². The van der Waals surface area contributed by atoms with Gasteiger partial charge in [-0.25, -0.2) is 9.59 Å². The summed E-state index contributed by atoms with van der Waals surface area (Å²) in [5, 5.41) is 10.2. The number of fused-ring (bicyclic) bond motifs is 4. The van der Waals surface area contributed by atoms with E-state index in [4.69, 9.17) is 14.2 Å². The van der Waals surface area contributed by atoms with Gasteiger partial charge < -0.3 is 19.3 Å². The van der Waals surface area contributed by atoms with Gasteiger partial charge in [-0.2, -0.15) is 0 Å². The average Bonchev–Trinajstić information content (AvgIpc) is 3.67. The molecule has 1 aliphatic heterocycles. The largest absolute Gasteiger partial charge is 0.486 e. The highest BCUT2D eigenvalue weighted by Crippen LogP contribution is 2.46. The summed E-state index contributed by atoms with van der Waals surface area (Å²) in [6.45, 7) is 0.924. The topological polar surface area (TPSA) is 85.3 Å². The third-order valence-electron chi connectivity index (χ3n) is 6.93. The van der Waals surface area contributed by atoms with Crippen LogP contribution in [0.25, 0.3) is 11.1 Å². The lowest BCUT2D eigenvalue weighted by Gasteiger charge is -2.30. The van der Waals surface area contributed by atoms with Crippen molar-refractivity contribution in [3.05, 3.63) is 81.8 Å². The molecule has 1 N–H and O–H groups in total. The molecule has 0 spiro atoms. The van der Waals surface area contributed by atoms with Crippen LogP contribution < -0.4 is 9.47 Å². The Kier molecular flexibility index (Phi) is 5.84. The summed E-state index contributed by atoms with van der Waals surface area (Å²) in [7, 11) is 0. The average molecular weight is 550 g/mol. The summed E-state index contributed by atoms with van der Waals surface area (Å²) in [6.07, 6.45) is 0.845. The molecule has 1 heterocycles. The Morgan fingerprint density at radius 3 is 2.28 bits per heavy atom. The first-order valence-corrected chi connectivity index (χ1v) is 12.8. The summed E-state index contributed by atoms with van der Waals surface area (Å²) in [6, 6.07) is 18.2. The van der Waals surface area contributed by atoms with Crippen LogP contribution >= 0.6 is 15.9 Å². The number of carboxylic acids is 1. The Balaban J connectivity index is 1.28. The van der Waals surface area contributed by atoms with Gasteiger partial charge in [0.15, 0.2) is 17.5 Å². The van der Waals surface area contributed by atoms with E-state index in [0.29, 0.717) is 34.7 Å². The number of hydrogen-bond acceptors (Lipinski definition) is 5. The zero-order valence-corrected chi connectivity index (χ0v) is 20.9. The van der Waals surface area contributed by atoms with Crippen molar-refractivity contribution in [3.8, 4) is 22.6 Å². The molecule has 6 rings (SSSR count). The second kappa shape index (κ2) is 9.17. The van der Waals surface area contributed by atoms with Crippen LogP contribution in [0.3, 0.4) is 0 Å². The van der Waals surface area contributed by atoms with Gasteiger partial charge in [-0.15, -0.1) is 0 Å². The highest BCUT2D eigenvalue weighted by atomic mass is 79.9. The second-order valence-electron chi connectivity index (χ2n) is 9.21. The number of halogens is 1. The molecule has 1 unspecified atom stereocenters. The van der Waals surface area contributed by atoms with E-state index in [1.807, 2.05) is 24.3 Å². The van der Waals surface area contributed by atoms with Crippen LogP contribution in [0.2, 0.25) is 0 Å². The molecular formula is C28H24BrNO6. The van der Waals surface area contributed by atoms with E-state index in [-0.39, 0.29) is 18.6 Å². The summed E-state index contributed by atoms with van der Waals surface area (Å²) in [5.41, 5.74) is 4.92. The smallest absolute Gasteiger partial charge is 0.411 e. The van der Waals surface area contributed by atoms with Crippen LogP contribution in [0.1, 0.15) is 41.5 Å². The first-order valence-electron chi connectivity index (χ1n) is 12.0. The Bertz CT molecular complexity index is 1310. The van der Waals surface area contributed by atoms with Gasteiger partial charge in [-0.1, -0.05) is 48.5 Å². The van der Waals surface area contributed by atoms with Crippen molar-refractivity contribution in [1.82, 2.24) is 4.90 Å². The third-order valence-corrected chi connectivity index (χ3v) is 7.52. The molecule has 0 bridgehead atoms. The molecule has 3 aromatic rings. The molecule has 184 valence electrons. The lowest BCUT2D eigenvalue weighted by molar-refractivity contribution is -0.143. The number of benzene rings is 3. The fraction of sp³-hybridized carbons (Fsp3) is 0.286. The molecule has 0 saturated heterocycles. The van der Waals surface area contributed by atoms with Gasteiger partial charge in [0.25, 0.3) is 0 Å². The fourth-order valence-electron chi connectivity index (χ4n) is 5.20. The van der Waals surface area contributed by atoms with Gasteiger partial charge in [-0.3, -0.25) is 4.90 Å². The lowest BCUT2D eigenvalue weighted by atomic mass is 9.98. The van der Waals surface area contributed by atoms with E-state index in [1.165, 1.54) is 4.90 Å². The fourth-order valence-corrected chi connectivity index (χ4v) is 5.77. The standard InChI is InChI=1S/C28H24BrNO6/c29-23-13-16(14-24-26(23)35-12-11-34-24)25(27(31)32)30(17-9-10-17)28(33)36-15-22-20-7-3-1-5-18(20)19-6-2-4-8-21(19)22/h1-8,13-14,17,22,25H,9-12,15H2,(H,31,32). The quantitative estimate of drug-likeness (QED) is 0.420. The van der Waals surface area contributed by atoms with Gasteiger partial charge in [0, 0.05) is 12.0 Å². The summed E-state index contributed by atoms with van der Waals surface area (Å²) < 4.78 is 17.8. The molecule has 1 fully saturated rings. The second-order valence-corrected chi connectivity index (χ2v) is 10.1. The van der Waals surface area contributed by atoms with Crippen LogP contribution in [-0.4, -0.2) is 47.9 Å². The highest BCUT2D eigenvalue weighted by Gasteiger charge is 2.43. The predicted molar refractivity (Wildman–Crippen MR) is 135 cm³/mol. The van der Waals surface area contributed by atoms with Crippen molar-refractivity contribution in [2.24, 2.45) is 0 Å². The SMILES string of the molecule is O=C(O)C(c1cc(Br)c2c(c1)OCCO2)N(C(=O)OCC1c2ccccc2-c2ccccc21)C1CC1. The summed E-state index contributed by atoms with van der Waals surface area (Å²) in [4.78, 5) is 27.3. The number of carboxylic acid groups (broad SMARTS) is 1. The first-order chi connectivity index (χ1) is 17.5. The number of hydrogen-bond donors (Lipinski definition) is 1.